The zero-order valence-corrected chi connectivity index (χ0v) is 11.2. The van der Waals surface area contributed by atoms with Gasteiger partial charge in [-0.15, -0.1) is 0 Å². The first-order valence-corrected chi connectivity index (χ1v) is 6.02. The number of likely N-dealkylation sites (N-methyl/N-ethyl adjacent to an activating group) is 1. The third-order valence-corrected chi connectivity index (χ3v) is 2.80. The van der Waals surface area contributed by atoms with E-state index in [9.17, 15) is 4.79 Å². The van der Waals surface area contributed by atoms with Crippen LogP contribution in [0, 0.1) is 11.3 Å². The summed E-state index contributed by atoms with van der Waals surface area (Å²) < 4.78 is 0. The average Bonchev–Trinajstić information content (AvgIpc) is 2.11. The van der Waals surface area contributed by atoms with Crippen molar-refractivity contribution in [2.45, 2.75) is 59.9 Å². The minimum Gasteiger partial charge on any atom is -0.311 e. The Balaban J connectivity index is 4.33. The van der Waals surface area contributed by atoms with E-state index in [4.69, 9.17) is 0 Å². The number of hydrogen-bond donors (Lipinski definition) is 1. The highest BCUT2D eigenvalue weighted by molar-refractivity contribution is 5.83. The van der Waals surface area contributed by atoms with Gasteiger partial charge in [0.15, 0.2) is 0 Å². The van der Waals surface area contributed by atoms with Crippen molar-refractivity contribution in [1.82, 2.24) is 5.32 Å². The molecule has 0 aliphatic rings. The Hall–Kier alpha value is -0.370. The molecule has 0 radical (unpaired) electrons. The lowest BCUT2D eigenvalue weighted by atomic mass is 9.78. The number of ketones is 1. The summed E-state index contributed by atoms with van der Waals surface area (Å²) in [5, 5.41) is 3.13. The first-order chi connectivity index (χ1) is 6.82. The lowest BCUT2D eigenvalue weighted by molar-refractivity contribution is -0.121. The van der Waals surface area contributed by atoms with Gasteiger partial charge in [0, 0.05) is 6.42 Å². The molecule has 0 aliphatic carbocycles. The largest absolute Gasteiger partial charge is 0.311 e. The smallest absolute Gasteiger partial charge is 0.149 e. The Kier molecular flexibility index (Phi) is 6.11. The lowest BCUT2D eigenvalue weighted by Gasteiger charge is -2.30. The van der Waals surface area contributed by atoms with Gasteiger partial charge in [-0.2, -0.15) is 0 Å². The normalized spacial score (nSPS) is 14.3. The molecule has 0 saturated carbocycles. The van der Waals surface area contributed by atoms with Crippen LogP contribution >= 0.6 is 0 Å². The van der Waals surface area contributed by atoms with Crippen molar-refractivity contribution in [1.29, 1.82) is 0 Å². The van der Waals surface area contributed by atoms with Crippen LogP contribution in [0.1, 0.15) is 53.9 Å². The molecule has 2 heteroatoms. The van der Waals surface area contributed by atoms with E-state index in [-0.39, 0.29) is 11.5 Å². The van der Waals surface area contributed by atoms with E-state index in [0.29, 0.717) is 18.1 Å². The topological polar surface area (TPSA) is 29.1 Å². The number of Topliss-reactive ketones (excluding diaryl/α,β-unsaturated/α-hetero) is 1. The van der Waals surface area contributed by atoms with Crippen LogP contribution in [0.5, 0.6) is 0 Å². The van der Waals surface area contributed by atoms with Gasteiger partial charge < -0.3 is 5.32 Å². The molecule has 1 atom stereocenters. The molecule has 1 unspecified atom stereocenters. The molecule has 0 aliphatic heterocycles. The SMILES string of the molecule is CCC(=O)C(CC(C)(C)CC(C)C)NC. The molecule has 0 spiro atoms. The molecule has 0 heterocycles. The van der Waals surface area contributed by atoms with Crippen LogP contribution in [0.15, 0.2) is 0 Å². The first-order valence-electron chi connectivity index (χ1n) is 6.02. The molecule has 0 fully saturated rings. The molecule has 0 aromatic carbocycles. The molecular weight excluding hydrogens is 186 g/mol. The molecular formula is C13H27NO. The summed E-state index contributed by atoms with van der Waals surface area (Å²) in [4.78, 5) is 11.6. The van der Waals surface area contributed by atoms with Crippen LogP contribution in [0.3, 0.4) is 0 Å². The number of nitrogens with one attached hydrogen (secondary N) is 1. The van der Waals surface area contributed by atoms with Gasteiger partial charge in [-0.3, -0.25) is 4.79 Å². The summed E-state index contributed by atoms with van der Waals surface area (Å²) in [6.07, 6.45) is 2.74. The molecule has 0 rings (SSSR count). The van der Waals surface area contributed by atoms with Crippen LogP contribution in [0.25, 0.3) is 0 Å². The van der Waals surface area contributed by atoms with Crippen molar-refractivity contribution < 1.29 is 4.79 Å². The quantitative estimate of drug-likeness (QED) is 0.704. The predicted molar refractivity (Wildman–Crippen MR) is 66.0 cm³/mol. The second-order valence-corrected chi connectivity index (χ2v) is 5.63. The molecule has 0 aromatic rings. The number of rotatable bonds is 7. The second-order valence-electron chi connectivity index (χ2n) is 5.63. The van der Waals surface area contributed by atoms with E-state index >= 15 is 0 Å². The molecule has 2 nitrogen and oxygen atoms in total. The van der Waals surface area contributed by atoms with Crippen LogP contribution in [0.2, 0.25) is 0 Å². The van der Waals surface area contributed by atoms with E-state index in [1.807, 2.05) is 14.0 Å². The van der Waals surface area contributed by atoms with E-state index in [1.54, 1.807) is 0 Å². The Morgan fingerprint density at radius 2 is 1.80 bits per heavy atom. The third-order valence-electron chi connectivity index (χ3n) is 2.80. The highest BCUT2D eigenvalue weighted by Crippen LogP contribution is 2.30. The molecule has 0 amide bonds. The van der Waals surface area contributed by atoms with Gasteiger partial charge in [0.25, 0.3) is 0 Å². The summed E-state index contributed by atoms with van der Waals surface area (Å²) in [5.41, 5.74) is 0.243. The van der Waals surface area contributed by atoms with Crippen molar-refractivity contribution >= 4 is 5.78 Å². The number of carbonyl (C=O) groups excluding carboxylic acids is 1. The number of hydrogen-bond acceptors (Lipinski definition) is 2. The van der Waals surface area contributed by atoms with Gasteiger partial charge in [-0.25, -0.2) is 0 Å². The van der Waals surface area contributed by atoms with Crippen molar-refractivity contribution in [3.05, 3.63) is 0 Å². The summed E-state index contributed by atoms with van der Waals surface area (Å²) in [6, 6.07) is 0.0312. The molecule has 90 valence electrons. The van der Waals surface area contributed by atoms with Gasteiger partial charge in [0.2, 0.25) is 0 Å². The average molecular weight is 213 g/mol. The van der Waals surface area contributed by atoms with Crippen molar-refractivity contribution in [3.63, 3.8) is 0 Å². The second kappa shape index (κ2) is 6.26. The third kappa shape index (κ3) is 5.93. The van der Waals surface area contributed by atoms with Crippen molar-refractivity contribution in [2.75, 3.05) is 7.05 Å². The Morgan fingerprint density at radius 1 is 1.27 bits per heavy atom. The summed E-state index contributed by atoms with van der Waals surface area (Å²) in [7, 11) is 1.88. The zero-order chi connectivity index (χ0) is 12.1. The Morgan fingerprint density at radius 3 is 2.13 bits per heavy atom. The predicted octanol–water partition coefficient (Wildman–Crippen LogP) is 3.02. The summed E-state index contributed by atoms with van der Waals surface area (Å²) in [5.74, 6) is 1.02. The molecule has 0 bridgehead atoms. The number of carbonyl (C=O) groups is 1. The fraction of sp³-hybridized carbons (Fsp3) is 0.923. The monoisotopic (exact) mass is 213 g/mol. The van der Waals surface area contributed by atoms with E-state index in [0.717, 1.165) is 6.42 Å². The summed E-state index contributed by atoms with van der Waals surface area (Å²) >= 11 is 0. The van der Waals surface area contributed by atoms with Gasteiger partial charge in [0.05, 0.1) is 6.04 Å². The standard InChI is InChI=1S/C13H27NO/c1-7-12(15)11(14-6)9-13(4,5)8-10(2)3/h10-11,14H,7-9H2,1-6H3. The maximum atomic E-state index is 11.6. The first kappa shape index (κ1) is 14.6. The van der Waals surface area contributed by atoms with E-state index < -0.39 is 0 Å². The summed E-state index contributed by atoms with van der Waals surface area (Å²) in [6.45, 7) is 10.9. The Labute approximate surface area is 94.8 Å². The molecule has 0 aromatic heterocycles. The van der Waals surface area contributed by atoms with Gasteiger partial charge >= 0.3 is 0 Å². The van der Waals surface area contributed by atoms with Crippen molar-refractivity contribution in [2.24, 2.45) is 11.3 Å². The minimum atomic E-state index is 0.0312. The van der Waals surface area contributed by atoms with Gasteiger partial charge in [0.1, 0.15) is 5.78 Å². The van der Waals surface area contributed by atoms with Crippen LogP contribution in [-0.2, 0) is 4.79 Å². The van der Waals surface area contributed by atoms with Gasteiger partial charge in [-0.1, -0.05) is 34.6 Å². The van der Waals surface area contributed by atoms with E-state index in [1.165, 1.54) is 6.42 Å². The van der Waals surface area contributed by atoms with E-state index in [2.05, 4.69) is 33.0 Å². The maximum Gasteiger partial charge on any atom is 0.149 e. The maximum absolute atomic E-state index is 11.6. The highest BCUT2D eigenvalue weighted by Gasteiger charge is 2.26. The fourth-order valence-electron chi connectivity index (χ4n) is 2.36. The fourth-order valence-corrected chi connectivity index (χ4v) is 2.36. The van der Waals surface area contributed by atoms with Crippen molar-refractivity contribution in [3.8, 4) is 0 Å². The minimum absolute atomic E-state index is 0.0312. The van der Waals surface area contributed by atoms with Crippen LogP contribution in [-0.4, -0.2) is 18.9 Å². The Bertz CT molecular complexity index is 197. The molecule has 0 saturated heterocycles. The van der Waals surface area contributed by atoms with Gasteiger partial charge in [-0.05, 0) is 31.2 Å². The lowest BCUT2D eigenvalue weighted by Crippen LogP contribution is -2.38. The highest BCUT2D eigenvalue weighted by atomic mass is 16.1. The zero-order valence-electron chi connectivity index (χ0n) is 11.2. The van der Waals surface area contributed by atoms with Crippen LogP contribution < -0.4 is 5.32 Å². The molecule has 1 N–H and O–H groups in total. The van der Waals surface area contributed by atoms with Crippen LogP contribution in [0.4, 0.5) is 0 Å². The molecule has 15 heavy (non-hydrogen) atoms.